The number of nitro benzene ring substituents is 1. The number of halogens is 1. The predicted octanol–water partition coefficient (Wildman–Crippen LogP) is 6.37. The summed E-state index contributed by atoms with van der Waals surface area (Å²) >= 11 is 7.00. The van der Waals surface area contributed by atoms with Crippen molar-refractivity contribution in [2.24, 2.45) is 10.2 Å². The molecule has 0 bridgehead atoms. The number of para-hydroxylation sites is 1. The van der Waals surface area contributed by atoms with Gasteiger partial charge < -0.3 is 14.5 Å². The Labute approximate surface area is 254 Å². The van der Waals surface area contributed by atoms with Crippen molar-refractivity contribution < 1.29 is 23.7 Å². The maximum absolute atomic E-state index is 13.5. The van der Waals surface area contributed by atoms with Crippen LogP contribution in [0.1, 0.15) is 16.9 Å². The van der Waals surface area contributed by atoms with Crippen molar-refractivity contribution in [3.8, 4) is 5.75 Å². The number of nitrogens with one attached hydrogen (secondary N) is 1. The Balaban J connectivity index is 1.34. The van der Waals surface area contributed by atoms with Gasteiger partial charge in [-0.2, -0.15) is 5.10 Å². The van der Waals surface area contributed by atoms with E-state index >= 15 is 0 Å². The lowest BCUT2D eigenvalue weighted by molar-refractivity contribution is -0.384. The number of amides is 2. The second kappa shape index (κ2) is 13.6. The third-order valence-corrected chi connectivity index (χ3v) is 7.15. The lowest BCUT2D eigenvalue weighted by Gasteiger charge is -2.12. The fourth-order valence-electron chi connectivity index (χ4n) is 3.89. The van der Waals surface area contributed by atoms with Crippen molar-refractivity contribution in [3.05, 3.63) is 128 Å². The molecule has 0 saturated carbocycles. The van der Waals surface area contributed by atoms with E-state index < -0.39 is 4.92 Å². The minimum Gasteiger partial charge on any atom is -0.483 e. The number of thioether (sulfide) groups is 1. The Morgan fingerprint density at radius 3 is 2.67 bits per heavy atom. The zero-order valence-electron chi connectivity index (χ0n) is 22.3. The van der Waals surface area contributed by atoms with Crippen LogP contribution >= 0.6 is 23.4 Å². The number of carbonyl (C=O) groups is 2. The van der Waals surface area contributed by atoms with Gasteiger partial charge in [-0.15, -0.1) is 5.10 Å². The van der Waals surface area contributed by atoms with Gasteiger partial charge >= 0.3 is 0 Å². The summed E-state index contributed by atoms with van der Waals surface area (Å²) in [4.78, 5) is 38.3. The average molecular weight is 616 g/mol. The van der Waals surface area contributed by atoms with Gasteiger partial charge in [0, 0.05) is 34.0 Å². The van der Waals surface area contributed by atoms with E-state index in [4.69, 9.17) is 20.8 Å². The highest BCUT2D eigenvalue weighted by Gasteiger charge is 2.34. The van der Waals surface area contributed by atoms with Gasteiger partial charge in [0.05, 0.1) is 28.9 Å². The molecule has 1 fully saturated rings. The number of non-ortho nitro benzene ring substituents is 1. The van der Waals surface area contributed by atoms with Crippen LogP contribution in [-0.4, -0.2) is 39.6 Å². The largest absolute Gasteiger partial charge is 0.483 e. The predicted molar refractivity (Wildman–Crippen MR) is 165 cm³/mol. The number of ether oxygens (including phenoxy) is 1. The van der Waals surface area contributed by atoms with Crippen LogP contribution in [0.15, 0.2) is 111 Å². The molecule has 1 aliphatic rings. The number of carbonyl (C=O) groups excluding carboxylic acids is 2. The fraction of sp³-hybridized carbons (Fsp3) is 0.0667. The summed E-state index contributed by atoms with van der Waals surface area (Å²) in [7, 11) is 0. The molecule has 5 rings (SSSR count). The summed E-state index contributed by atoms with van der Waals surface area (Å²) in [6.07, 6.45) is 4.53. The summed E-state index contributed by atoms with van der Waals surface area (Å²) in [6.45, 7) is -0.141. The molecule has 3 aromatic carbocycles. The molecule has 1 saturated heterocycles. The van der Waals surface area contributed by atoms with Crippen LogP contribution in [0.4, 0.5) is 11.4 Å². The van der Waals surface area contributed by atoms with E-state index in [1.165, 1.54) is 29.5 Å². The summed E-state index contributed by atoms with van der Waals surface area (Å²) in [5, 5.41) is 23.0. The molecule has 2 amide bonds. The van der Waals surface area contributed by atoms with E-state index in [9.17, 15) is 19.7 Å². The van der Waals surface area contributed by atoms with Crippen LogP contribution in [0.25, 0.3) is 6.08 Å². The maximum Gasteiger partial charge on any atom is 0.270 e. The Bertz CT molecular complexity index is 1740. The Kier molecular flexibility index (Phi) is 9.29. The molecule has 0 atom stereocenters. The lowest BCUT2D eigenvalue weighted by Crippen LogP contribution is -2.28. The van der Waals surface area contributed by atoms with Crippen LogP contribution in [-0.2, 0) is 16.1 Å². The monoisotopic (exact) mass is 615 g/mol. The topological polar surface area (TPSA) is 140 Å². The van der Waals surface area contributed by atoms with Gasteiger partial charge in [-0.3, -0.25) is 24.6 Å². The number of benzene rings is 3. The molecule has 13 heteroatoms. The number of amidine groups is 1. The normalized spacial score (nSPS) is 15.0. The van der Waals surface area contributed by atoms with Gasteiger partial charge in [0.25, 0.3) is 17.5 Å². The number of rotatable bonds is 10. The molecule has 0 spiro atoms. The van der Waals surface area contributed by atoms with Gasteiger partial charge in [-0.1, -0.05) is 41.9 Å². The molecular weight excluding hydrogens is 594 g/mol. The third-order valence-electron chi connectivity index (χ3n) is 5.91. The van der Waals surface area contributed by atoms with Crippen LogP contribution < -0.4 is 10.1 Å². The molecule has 43 heavy (non-hydrogen) atoms. The van der Waals surface area contributed by atoms with E-state index in [0.717, 1.165) is 11.8 Å². The average Bonchev–Trinajstić information content (AvgIpc) is 3.62. The molecule has 1 aromatic heterocycles. The maximum atomic E-state index is 13.5. The minimum atomic E-state index is -0.496. The number of nitro groups is 1. The summed E-state index contributed by atoms with van der Waals surface area (Å²) in [5.41, 5.74) is 1.57. The summed E-state index contributed by atoms with van der Waals surface area (Å²) < 4.78 is 11.2. The zero-order chi connectivity index (χ0) is 30.2. The van der Waals surface area contributed by atoms with E-state index in [0.29, 0.717) is 38.3 Å². The highest BCUT2D eigenvalue weighted by molar-refractivity contribution is 8.18. The Morgan fingerprint density at radius 2 is 1.91 bits per heavy atom. The molecular formula is C30H22ClN5O6S. The molecule has 1 N–H and O–H groups in total. The minimum absolute atomic E-state index is 0.0740. The van der Waals surface area contributed by atoms with Crippen molar-refractivity contribution in [1.82, 2.24) is 4.90 Å². The number of nitrogens with zero attached hydrogens (tertiary/aromatic N) is 4. The lowest BCUT2D eigenvalue weighted by atomic mass is 10.2. The van der Waals surface area contributed by atoms with Gasteiger partial charge in [-0.25, -0.2) is 0 Å². The number of furan rings is 1. The molecule has 4 aromatic rings. The van der Waals surface area contributed by atoms with Gasteiger partial charge in [0.1, 0.15) is 11.5 Å². The molecule has 0 aliphatic carbocycles. The van der Waals surface area contributed by atoms with Gasteiger partial charge in [-0.05, 0) is 60.3 Å². The highest BCUT2D eigenvalue weighted by Crippen LogP contribution is 2.35. The first-order valence-corrected chi connectivity index (χ1v) is 13.9. The van der Waals surface area contributed by atoms with Gasteiger partial charge in [0.2, 0.25) is 0 Å². The van der Waals surface area contributed by atoms with E-state index in [-0.39, 0.29) is 35.8 Å². The fourth-order valence-corrected chi connectivity index (χ4v) is 4.94. The van der Waals surface area contributed by atoms with E-state index in [2.05, 4.69) is 15.5 Å². The molecule has 0 unspecified atom stereocenters. The second-order valence-corrected chi connectivity index (χ2v) is 10.4. The first kappa shape index (κ1) is 29.3. The van der Waals surface area contributed by atoms with Crippen molar-refractivity contribution >= 4 is 64.0 Å². The SMILES string of the molecule is O=C(COc1ccccc1/C=C1\S/C(=N/N=C\c2cccc([N+](=O)[O-])c2)N(Cc2ccco2)C1=O)Nc1ccc(Cl)cc1. The van der Waals surface area contributed by atoms with Crippen molar-refractivity contribution in [1.29, 1.82) is 0 Å². The van der Waals surface area contributed by atoms with Crippen molar-refractivity contribution in [3.63, 3.8) is 0 Å². The van der Waals surface area contributed by atoms with Crippen LogP contribution in [0, 0.1) is 10.1 Å². The number of hydrogen-bond acceptors (Lipinski definition) is 9. The Morgan fingerprint density at radius 1 is 1.09 bits per heavy atom. The Hall–Kier alpha value is -5.20. The standard InChI is InChI=1S/C30H22ClN5O6S/c31-22-10-12-23(13-11-22)33-28(37)19-42-26-9-2-1-6-21(26)16-27-29(38)35(18-25-8-4-14-41-25)30(43-27)34-32-17-20-5-3-7-24(15-20)36(39)40/h1-17H,18-19H2,(H,33,37)/b27-16-,32-17-,34-30+. The van der Waals surface area contributed by atoms with Crippen LogP contribution in [0.2, 0.25) is 5.02 Å². The zero-order valence-corrected chi connectivity index (χ0v) is 23.8. The van der Waals surface area contributed by atoms with Crippen LogP contribution in [0.3, 0.4) is 0 Å². The molecule has 216 valence electrons. The van der Waals surface area contributed by atoms with Gasteiger partial charge in [0.15, 0.2) is 11.8 Å². The molecule has 0 radical (unpaired) electrons. The highest BCUT2D eigenvalue weighted by atomic mass is 35.5. The smallest absolute Gasteiger partial charge is 0.270 e. The first-order valence-electron chi connectivity index (χ1n) is 12.7. The summed E-state index contributed by atoms with van der Waals surface area (Å²) in [5.74, 6) is 0.250. The second-order valence-electron chi connectivity index (χ2n) is 8.94. The molecule has 2 heterocycles. The summed E-state index contributed by atoms with van der Waals surface area (Å²) in [6, 6.07) is 23.1. The van der Waals surface area contributed by atoms with Crippen LogP contribution in [0.5, 0.6) is 5.75 Å². The van der Waals surface area contributed by atoms with Crippen molar-refractivity contribution in [2.75, 3.05) is 11.9 Å². The van der Waals surface area contributed by atoms with Crippen molar-refractivity contribution in [2.45, 2.75) is 6.54 Å². The third kappa shape index (κ3) is 7.76. The van der Waals surface area contributed by atoms with E-state index in [1.54, 1.807) is 78.9 Å². The number of anilines is 1. The first-order chi connectivity index (χ1) is 20.9. The number of hydrogen-bond donors (Lipinski definition) is 1. The van der Waals surface area contributed by atoms with E-state index in [1.807, 2.05) is 0 Å². The molecule has 11 nitrogen and oxygen atoms in total. The quantitative estimate of drug-likeness (QED) is 0.0946. The molecule has 1 aliphatic heterocycles.